The molecule has 2 N–H and O–H groups in total. The van der Waals surface area contributed by atoms with Gasteiger partial charge in [0.15, 0.2) is 0 Å². The van der Waals surface area contributed by atoms with Crippen LogP contribution in [0.4, 0.5) is 0 Å². The van der Waals surface area contributed by atoms with Crippen LogP contribution < -0.4 is 132 Å². The van der Waals surface area contributed by atoms with Gasteiger partial charge in [0, 0.05) is 18.4 Å². The molecule has 0 aromatic carbocycles. The van der Waals surface area contributed by atoms with Gasteiger partial charge in [0.1, 0.15) is 0 Å². The fourth-order valence-electron chi connectivity index (χ4n) is 0.263. The first-order valence-electron chi connectivity index (χ1n) is 2.20. The number of hydrogen-bond donors (Lipinski definition) is 1. The van der Waals surface area contributed by atoms with Crippen LogP contribution >= 0.6 is 0 Å². The van der Waals surface area contributed by atoms with Crippen LogP contribution in [0.25, 0.3) is 0 Å². The molecule has 0 aliphatic carbocycles. The Bertz CT molecular complexity index is 140. The second kappa shape index (κ2) is 10.6. The summed E-state index contributed by atoms with van der Waals surface area (Å²) in [6.07, 6.45) is -0.706. The van der Waals surface area contributed by atoms with E-state index in [1.165, 1.54) is 0 Å². The summed E-state index contributed by atoms with van der Waals surface area (Å²) >= 11 is 0. The van der Waals surface area contributed by atoms with E-state index in [0.717, 1.165) is 0 Å². The van der Waals surface area contributed by atoms with Crippen molar-refractivity contribution in [3.63, 3.8) is 0 Å². The Labute approximate surface area is 162 Å². The Morgan fingerprint density at radius 1 is 1.27 bits per heavy atom. The van der Waals surface area contributed by atoms with Crippen LogP contribution in [0, 0.1) is 0 Å². The number of rotatable bonds is 3. The minimum atomic E-state index is -1.58. The summed E-state index contributed by atoms with van der Waals surface area (Å²) < 4.78 is 0. The molecular formula is C4H5NO4Rb2. The van der Waals surface area contributed by atoms with Gasteiger partial charge in [-0.25, -0.2) is 0 Å². The van der Waals surface area contributed by atoms with Crippen molar-refractivity contribution in [1.29, 1.82) is 0 Å². The Hall–Kier alpha value is 2.51. The molecule has 0 saturated carbocycles. The maximum Gasteiger partial charge on any atom is 1.00 e. The number of carbonyl (C=O) groups is 2. The van der Waals surface area contributed by atoms with E-state index < -0.39 is 24.4 Å². The average molecular weight is 302 g/mol. The van der Waals surface area contributed by atoms with Crippen LogP contribution in [0.5, 0.6) is 0 Å². The Balaban J connectivity index is -0.000000320. The topological polar surface area (TPSA) is 106 Å². The third-order valence-corrected chi connectivity index (χ3v) is 0.689. The molecule has 0 bridgehead atoms. The van der Waals surface area contributed by atoms with Gasteiger partial charge in [-0.05, 0) is 0 Å². The summed E-state index contributed by atoms with van der Waals surface area (Å²) in [6, 6.07) is -1.46. The van der Waals surface area contributed by atoms with Gasteiger partial charge in [0.25, 0.3) is 0 Å². The van der Waals surface area contributed by atoms with Crippen molar-refractivity contribution in [1.82, 2.24) is 0 Å². The zero-order valence-electron chi connectivity index (χ0n) is 6.49. The second-order valence-electron chi connectivity index (χ2n) is 1.50. The maximum absolute atomic E-state index is 9.71. The van der Waals surface area contributed by atoms with E-state index in [4.69, 9.17) is 5.73 Å². The van der Waals surface area contributed by atoms with Gasteiger partial charge < -0.3 is 25.5 Å². The van der Waals surface area contributed by atoms with E-state index in [9.17, 15) is 19.8 Å². The Kier molecular flexibility index (Phi) is 18.4. The van der Waals surface area contributed by atoms with Crippen molar-refractivity contribution >= 4 is 11.9 Å². The molecule has 52 valence electrons. The minimum absolute atomic E-state index is 0. The molecule has 1 unspecified atom stereocenters. The van der Waals surface area contributed by atoms with Crippen molar-refractivity contribution in [3.05, 3.63) is 0 Å². The van der Waals surface area contributed by atoms with E-state index >= 15 is 0 Å². The molecule has 0 fully saturated rings. The van der Waals surface area contributed by atoms with E-state index in [2.05, 4.69) is 0 Å². The summed E-state index contributed by atoms with van der Waals surface area (Å²) in [4.78, 5) is 19.3. The monoisotopic (exact) mass is 301 g/mol. The first-order chi connectivity index (χ1) is 4.04. The molecule has 0 aliphatic rings. The van der Waals surface area contributed by atoms with Gasteiger partial charge in [0.05, 0.1) is 5.97 Å². The Morgan fingerprint density at radius 2 is 1.64 bits per heavy atom. The molecule has 0 saturated heterocycles. The molecule has 0 aromatic heterocycles. The zero-order chi connectivity index (χ0) is 7.44. The normalized spacial score (nSPS) is 10.3. The van der Waals surface area contributed by atoms with Crippen LogP contribution in [0.2, 0.25) is 0 Å². The first kappa shape index (κ1) is 19.1. The van der Waals surface area contributed by atoms with Crippen LogP contribution in [0.15, 0.2) is 0 Å². The number of hydrogen-bond acceptors (Lipinski definition) is 5. The van der Waals surface area contributed by atoms with Gasteiger partial charge in [0.2, 0.25) is 0 Å². The summed E-state index contributed by atoms with van der Waals surface area (Å²) in [6.45, 7) is 0. The summed E-state index contributed by atoms with van der Waals surface area (Å²) in [5.41, 5.74) is 4.73. The van der Waals surface area contributed by atoms with E-state index in [0.29, 0.717) is 0 Å². The van der Waals surface area contributed by atoms with Crippen LogP contribution in [0.3, 0.4) is 0 Å². The molecule has 0 amide bonds. The third-order valence-electron chi connectivity index (χ3n) is 0.689. The zero-order valence-corrected chi connectivity index (χ0v) is 16.3. The fourth-order valence-corrected chi connectivity index (χ4v) is 0.263. The molecule has 0 rings (SSSR count). The van der Waals surface area contributed by atoms with Gasteiger partial charge >= 0.3 is 116 Å². The molecular weight excluding hydrogens is 297 g/mol. The summed E-state index contributed by atoms with van der Waals surface area (Å²) in [7, 11) is 0. The number of aliphatic carboxylic acids is 2. The molecule has 0 heterocycles. The molecule has 11 heavy (non-hydrogen) atoms. The van der Waals surface area contributed by atoms with E-state index in [1.807, 2.05) is 0 Å². The molecule has 0 spiro atoms. The van der Waals surface area contributed by atoms with Crippen LogP contribution in [0.1, 0.15) is 6.42 Å². The Morgan fingerprint density at radius 3 is 1.73 bits per heavy atom. The predicted octanol–water partition coefficient (Wildman–Crippen LogP) is -9.79. The second-order valence-corrected chi connectivity index (χ2v) is 1.50. The molecule has 0 aliphatic heterocycles. The predicted molar refractivity (Wildman–Crippen MR) is 22.6 cm³/mol. The van der Waals surface area contributed by atoms with Crippen molar-refractivity contribution in [2.75, 3.05) is 0 Å². The average Bonchev–Trinajstić information content (AvgIpc) is 1.63. The minimum Gasteiger partial charge on any atom is -0.550 e. The van der Waals surface area contributed by atoms with Crippen LogP contribution in [-0.2, 0) is 9.59 Å². The van der Waals surface area contributed by atoms with E-state index in [-0.39, 0.29) is 116 Å². The molecule has 1 atom stereocenters. The number of carbonyl (C=O) groups excluding carboxylic acids is 2. The van der Waals surface area contributed by atoms with Crippen molar-refractivity contribution in [2.24, 2.45) is 5.73 Å². The first-order valence-corrected chi connectivity index (χ1v) is 2.20. The van der Waals surface area contributed by atoms with Crippen molar-refractivity contribution < 1.29 is 136 Å². The largest absolute Gasteiger partial charge is 1.00 e. The summed E-state index contributed by atoms with van der Waals surface area (Å²) in [5.74, 6) is -3.08. The smallest absolute Gasteiger partial charge is 0.550 e. The van der Waals surface area contributed by atoms with Crippen molar-refractivity contribution in [2.45, 2.75) is 12.5 Å². The fraction of sp³-hybridized carbons (Fsp3) is 0.500. The van der Waals surface area contributed by atoms with Gasteiger partial charge in [-0.1, -0.05) is 0 Å². The van der Waals surface area contributed by atoms with Gasteiger partial charge in [-0.15, -0.1) is 0 Å². The molecule has 0 radical (unpaired) electrons. The van der Waals surface area contributed by atoms with Crippen molar-refractivity contribution in [3.8, 4) is 0 Å². The molecule has 0 aromatic rings. The SMILES string of the molecule is NC(CC(=O)[O-])C(=O)[O-].[Rb+].[Rb+]. The standard InChI is InChI=1S/C4H7NO4.2Rb/c5-2(4(8)9)1-3(6)7;;/h2H,1,5H2,(H,6,7)(H,8,9);;/q;2*+1/p-2. The molecule has 7 heteroatoms. The number of carboxylic acids is 2. The van der Waals surface area contributed by atoms with Crippen LogP contribution in [-0.4, -0.2) is 18.0 Å². The van der Waals surface area contributed by atoms with Gasteiger partial charge in [-0.2, -0.15) is 0 Å². The van der Waals surface area contributed by atoms with E-state index in [1.54, 1.807) is 0 Å². The maximum atomic E-state index is 9.71. The quantitative estimate of drug-likeness (QED) is 0.557. The number of carboxylic acid groups (broad SMARTS) is 2. The summed E-state index contributed by atoms with van der Waals surface area (Å²) in [5, 5.41) is 19.3. The number of nitrogens with two attached hydrogens (primary N) is 1. The molecule has 5 nitrogen and oxygen atoms in total. The van der Waals surface area contributed by atoms with Gasteiger partial charge in [-0.3, -0.25) is 0 Å². The third kappa shape index (κ3) is 12.5.